The van der Waals surface area contributed by atoms with Gasteiger partial charge in [-0.15, -0.1) is 11.3 Å². The molecule has 4 rings (SSSR count). The van der Waals surface area contributed by atoms with Crippen molar-refractivity contribution in [3.63, 3.8) is 0 Å². The number of nitrogens with zero attached hydrogens (tertiary/aromatic N) is 3. The smallest absolute Gasteiger partial charge is 0.262 e. The molecule has 1 aromatic carbocycles. The van der Waals surface area contributed by atoms with E-state index in [0.29, 0.717) is 17.9 Å². The van der Waals surface area contributed by atoms with Crippen LogP contribution in [0.1, 0.15) is 22.9 Å². The minimum Gasteiger partial charge on any atom is -0.454 e. The fourth-order valence-electron chi connectivity index (χ4n) is 3.31. The van der Waals surface area contributed by atoms with Gasteiger partial charge in [-0.25, -0.2) is 5.01 Å². The highest BCUT2D eigenvalue weighted by Gasteiger charge is 2.35. The van der Waals surface area contributed by atoms with Gasteiger partial charge in [0.1, 0.15) is 13.2 Å². The second-order valence-corrected chi connectivity index (χ2v) is 7.73. The maximum absolute atomic E-state index is 13.0. The van der Waals surface area contributed by atoms with E-state index in [0.717, 1.165) is 16.2 Å². The molecule has 3 heterocycles. The monoisotopic (exact) mass is 415 g/mol. The van der Waals surface area contributed by atoms with Crippen LogP contribution in [0.25, 0.3) is 0 Å². The number of hydrogen-bond donors (Lipinski definition) is 0. The Morgan fingerprint density at radius 2 is 2.14 bits per heavy atom. The molecule has 0 aliphatic carbocycles. The van der Waals surface area contributed by atoms with Crippen LogP contribution in [0.4, 0.5) is 0 Å². The molecule has 152 valence electrons. The van der Waals surface area contributed by atoms with Gasteiger partial charge >= 0.3 is 0 Å². The van der Waals surface area contributed by atoms with E-state index in [1.807, 2.05) is 35.7 Å². The van der Waals surface area contributed by atoms with Gasteiger partial charge in [0.25, 0.3) is 5.91 Å². The van der Waals surface area contributed by atoms with Crippen molar-refractivity contribution >= 4 is 28.9 Å². The van der Waals surface area contributed by atoms with Gasteiger partial charge in [-0.1, -0.05) is 12.1 Å². The molecule has 9 heteroatoms. The Morgan fingerprint density at radius 3 is 2.90 bits per heavy atom. The van der Waals surface area contributed by atoms with Crippen LogP contribution in [0.15, 0.2) is 40.8 Å². The molecule has 0 N–H and O–H groups in total. The van der Waals surface area contributed by atoms with Crippen LogP contribution in [0.5, 0.6) is 11.5 Å². The number of methoxy groups -OCH3 is 1. The lowest BCUT2D eigenvalue weighted by Crippen LogP contribution is -2.40. The fraction of sp³-hybridized carbons (Fsp3) is 0.350. The van der Waals surface area contributed by atoms with Crippen LogP contribution in [0.3, 0.4) is 0 Å². The van der Waals surface area contributed by atoms with Crippen LogP contribution in [-0.2, 0) is 14.3 Å². The van der Waals surface area contributed by atoms with Gasteiger partial charge < -0.3 is 19.1 Å². The minimum atomic E-state index is -0.278. The third-order valence-corrected chi connectivity index (χ3v) is 5.74. The number of benzene rings is 1. The number of likely N-dealkylation sites (N-methyl/N-ethyl adjacent to an activating group) is 1. The quantitative estimate of drug-likeness (QED) is 0.723. The molecule has 1 aromatic heterocycles. The van der Waals surface area contributed by atoms with E-state index in [9.17, 15) is 9.59 Å². The molecule has 1 atom stereocenters. The molecule has 2 aliphatic heterocycles. The Bertz CT molecular complexity index is 944. The zero-order valence-corrected chi connectivity index (χ0v) is 17.0. The van der Waals surface area contributed by atoms with E-state index < -0.39 is 0 Å². The Labute approximate surface area is 172 Å². The van der Waals surface area contributed by atoms with Gasteiger partial charge in [-0.3, -0.25) is 9.59 Å². The second kappa shape index (κ2) is 8.22. The first kappa shape index (κ1) is 19.4. The highest BCUT2D eigenvalue weighted by molar-refractivity contribution is 7.12. The van der Waals surface area contributed by atoms with E-state index >= 15 is 0 Å². The summed E-state index contributed by atoms with van der Waals surface area (Å²) < 4.78 is 15.7. The molecular formula is C20H21N3O5S. The number of carbonyl (C=O) groups excluding carboxylic acids is 2. The van der Waals surface area contributed by atoms with E-state index in [4.69, 9.17) is 14.2 Å². The summed E-state index contributed by atoms with van der Waals surface area (Å²) in [6.45, 7) is 0.0407. The number of fused-ring (bicyclic) bond motifs is 1. The van der Waals surface area contributed by atoms with E-state index in [2.05, 4.69) is 5.10 Å². The summed E-state index contributed by atoms with van der Waals surface area (Å²) in [5, 5.41) is 8.07. The molecule has 2 aliphatic rings. The Balaban J connectivity index is 1.59. The first-order valence-corrected chi connectivity index (χ1v) is 10.0. The average molecular weight is 415 g/mol. The summed E-state index contributed by atoms with van der Waals surface area (Å²) in [6.07, 6.45) is 0.585. The number of thiophene rings is 1. The van der Waals surface area contributed by atoms with Gasteiger partial charge in [0.15, 0.2) is 11.5 Å². The molecule has 8 nitrogen and oxygen atoms in total. The average Bonchev–Trinajstić information content (AvgIpc) is 3.46. The molecule has 0 spiro atoms. The first-order valence-electron chi connectivity index (χ1n) is 9.12. The number of amides is 2. The van der Waals surface area contributed by atoms with Crippen molar-refractivity contribution in [2.45, 2.75) is 12.5 Å². The highest BCUT2D eigenvalue weighted by atomic mass is 32.1. The Hall–Kier alpha value is -2.91. The third kappa shape index (κ3) is 3.96. The summed E-state index contributed by atoms with van der Waals surface area (Å²) in [4.78, 5) is 27.4. The van der Waals surface area contributed by atoms with E-state index in [1.54, 1.807) is 18.4 Å². The molecule has 2 aromatic rings. The lowest BCUT2D eigenvalue weighted by Gasteiger charge is -2.25. The summed E-state index contributed by atoms with van der Waals surface area (Å²) in [5.74, 6) is 0.828. The second-order valence-electron chi connectivity index (χ2n) is 6.78. The van der Waals surface area contributed by atoms with Crippen LogP contribution in [0, 0.1) is 0 Å². The lowest BCUT2D eigenvalue weighted by molar-refractivity contribution is -0.142. The summed E-state index contributed by atoms with van der Waals surface area (Å²) in [7, 11) is 3.02. The van der Waals surface area contributed by atoms with Crippen LogP contribution < -0.4 is 9.47 Å². The zero-order valence-electron chi connectivity index (χ0n) is 16.2. The van der Waals surface area contributed by atoms with Crippen molar-refractivity contribution in [2.75, 3.05) is 34.1 Å². The Morgan fingerprint density at radius 1 is 1.31 bits per heavy atom. The van der Waals surface area contributed by atoms with Gasteiger partial charge in [0, 0.05) is 20.6 Å². The molecule has 0 unspecified atom stereocenters. The predicted molar refractivity (Wildman–Crippen MR) is 107 cm³/mol. The van der Waals surface area contributed by atoms with Gasteiger partial charge in [0.05, 0.1) is 16.6 Å². The Kier molecular flexibility index (Phi) is 5.50. The molecule has 0 saturated carbocycles. The van der Waals surface area contributed by atoms with Crippen molar-refractivity contribution in [2.24, 2.45) is 5.10 Å². The van der Waals surface area contributed by atoms with E-state index in [1.165, 1.54) is 17.0 Å². The SMILES string of the molecule is COCC(=O)N(C)CC(=O)N1N=C(c2cccs2)C[C@H]1c1ccc2c(c1)OCO2. The third-order valence-electron chi connectivity index (χ3n) is 4.82. The van der Waals surface area contributed by atoms with Crippen LogP contribution in [-0.4, -0.2) is 61.5 Å². The molecule has 0 saturated heterocycles. The topological polar surface area (TPSA) is 80.7 Å². The number of hydrazone groups is 1. The van der Waals surface area contributed by atoms with Crippen LogP contribution in [0.2, 0.25) is 0 Å². The summed E-state index contributed by atoms with van der Waals surface area (Å²) >= 11 is 1.58. The first-order chi connectivity index (χ1) is 14.1. The van der Waals surface area contributed by atoms with Gasteiger partial charge in [0.2, 0.25) is 12.7 Å². The van der Waals surface area contributed by atoms with Crippen molar-refractivity contribution < 1.29 is 23.8 Å². The van der Waals surface area contributed by atoms with Crippen molar-refractivity contribution in [1.29, 1.82) is 0 Å². The minimum absolute atomic E-state index is 0.0704. The molecule has 29 heavy (non-hydrogen) atoms. The molecule has 0 radical (unpaired) electrons. The summed E-state index contributed by atoms with van der Waals surface area (Å²) in [6, 6.07) is 9.32. The van der Waals surface area contributed by atoms with Crippen molar-refractivity contribution in [3.05, 3.63) is 46.2 Å². The zero-order chi connectivity index (χ0) is 20.4. The largest absolute Gasteiger partial charge is 0.454 e. The van der Waals surface area contributed by atoms with E-state index in [-0.39, 0.29) is 37.8 Å². The fourth-order valence-corrected chi connectivity index (χ4v) is 4.03. The normalized spacial score (nSPS) is 17.4. The standard InChI is InChI=1S/C20H21N3O5S/c1-22(20(25)11-26-2)10-19(24)23-15(9-14(21-23)18-4-3-7-29-18)13-5-6-16-17(8-13)28-12-27-16/h3-8,15H,9-12H2,1-2H3/t15-/m0/s1. The maximum Gasteiger partial charge on any atom is 0.262 e. The molecule has 2 amide bonds. The molecule has 0 fully saturated rings. The number of ether oxygens (including phenoxy) is 3. The number of carbonyl (C=O) groups is 2. The molecular weight excluding hydrogens is 394 g/mol. The van der Waals surface area contributed by atoms with Gasteiger partial charge in [-0.05, 0) is 29.1 Å². The van der Waals surface area contributed by atoms with Crippen molar-refractivity contribution in [1.82, 2.24) is 9.91 Å². The highest BCUT2D eigenvalue weighted by Crippen LogP contribution is 2.39. The molecule has 0 bridgehead atoms. The predicted octanol–water partition coefficient (Wildman–Crippen LogP) is 2.26. The number of hydrogen-bond acceptors (Lipinski definition) is 7. The number of rotatable bonds is 6. The lowest BCUT2D eigenvalue weighted by atomic mass is 10.0. The van der Waals surface area contributed by atoms with Crippen molar-refractivity contribution in [3.8, 4) is 11.5 Å². The summed E-state index contributed by atoms with van der Waals surface area (Å²) in [5.41, 5.74) is 1.76. The van der Waals surface area contributed by atoms with Gasteiger partial charge in [-0.2, -0.15) is 5.10 Å². The maximum atomic E-state index is 13.0. The van der Waals surface area contributed by atoms with Crippen LogP contribution >= 0.6 is 11.3 Å².